The van der Waals surface area contributed by atoms with Crippen molar-refractivity contribution in [3.05, 3.63) is 58.3 Å². The van der Waals surface area contributed by atoms with Crippen molar-refractivity contribution in [2.45, 2.75) is 26.7 Å². The van der Waals surface area contributed by atoms with Gasteiger partial charge in [0.1, 0.15) is 11.3 Å². The molecule has 0 spiro atoms. The molecule has 0 saturated heterocycles. The molecule has 0 bridgehead atoms. The molecule has 4 rings (SSSR count). The van der Waals surface area contributed by atoms with Crippen molar-refractivity contribution in [3.8, 4) is 21.1 Å². The van der Waals surface area contributed by atoms with Gasteiger partial charge in [-0.1, -0.05) is 44.2 Å². The molecule has 0 amide bonds. The van der Waals surface area contributed by atoms with Gasteiger partial charge in [-0.25, -0.2) is 4.98 Å². The highest BCUT2D eigenvalue weighted by molar-refractivity contribution is 7.18. The zero-order valence-electron chi connectivity index (χ0n) is 14.1. The van der Waals surface area contributed by atoms with Gasteiger partial charge in [-0.05, 0) is 12.8 Å². The van der Waals surface area contributed by atoms with Crippen LogP contribution in [0.5, 0.6) is 0 Å². The average molecular weight is 351 g/mol. The first-order chi connectivity index (χ1) is 12.1. The number of nitrogens with zero attached hydrogens (tertiary/aromatic N) is 4. The molecule has 0 unspecified atom stereocenters. The summed E-state index contributed by atoms with van der Waals surface area (Å²) in [7, 11) is 0. The van der Waals surface area contributed by atoms with Gasteiger partial charge in [0.2, 0.25) is 5.78 Å². The van der Waals surface area contributed by atoms with E-state index in [0.717, 1.165) is 26.8 Å². The zero-order valence-corrected chi connectivity index (χ0v) is 15.0. The second-order valence-corrected chi connectivity index (χ2v) is 7.17. The molecule has 3 aromatic heterocycles. The van der Waals surface area contributed by atoms with Gasteiger partial charge in [0.05, 0.1) is 16.3 Å². The number of thiazole rings is 1. The topological polar surface area (TPSA) is 75.9 Å². The lowest BCUT2D eigenvalue weighted by Crippen LogP contribution is -2.22. The minimum Gasteiger partial charge on any atom is -0.322 e. The van der Waals surface area contributed by atoms with Gasteiger partial charge in [-0.2, -0.15) is 14.6 Å². The van der Waals surface area contributed by atoms with Crippen molar-refractivity contribution in [3.63, 3.8) is 0 Å². The molecule has 0 aliphatic rings. The first kappa shape index (κ1) is 15.7. The summed E-state index contributed by atoms with van der Waals surface area (Å²) in [6.45, 7) is 5.98. The van der Waals surface area contributed by atoms with E-state index in [4.69, 9.17) is 4.98 Å². The smallest absolute Gasteiger partial charge is 0.279 e. The lowest BCUT2D eigenvalue weighted by Gasteiger charge is -2.11. The second-order valence-electron chi connectivity index (χ2n) is 6.17. The van der Waals surface area contributed by atoms with Crippen LogP contribution in [0.4, 0.5) is 0 Å². The van der Waals surface area contributed by atoms with Gasteiger partial charge in [-0.3, -0.25) is 4.79 Å². The van der Waals surface area contributed by atoms with Gasteiger partial charge in [0, 0.05) is 11.1 Å². The Kier molecular flexibility index (Phi) is 3.73. The fourth-order valence-electron chi connectivity index (χ4n) is 2.92. The quantitative estimate of drug-likeness (QED) is 0.611. The van der Waals surface area contributed by atoms with E-state index in [2.05, 4.69) is 15.1 Å². The Hall–Kier alpha value is -2.80. The number of aromatic nitrogens is 5. The molecule has 7 heteroatoms. The van der Waals surface area contributed by atoms with Crippen molar-refractivity contribution >= 4 is 17.1 Å². The molecule has 1 aromatic carbocycles. The number of hydrogen-bond donors (Lipinski definition) is 1. The van der Waals surface area contributed by atoms with Crippen molar-refractivity contribution < 1.29 is 0 Å². The number of aromatic amines is 1. The highest BCUT2D eigenvalue weighted by atomic mass is 32.1. The molecular weight excluding hydrogens is 334 g/mol. The summed E-state index contributed by atoms with van der Waals surface area (Å²) in [5, 5.41) is 4.96. The maximum absolute atomic E-state index is 12.8. The van der Waals surface area contributed by atoms with E-state index in [1.54, 1.807) is 11.3 Å². The Morgan fingerprint density at radius 1 is 1.20 bits per heavy atom. The molecule has 6 nitrogen and oxygen atoms in total. The third-order valence-electron chi connectivity index (χ3n) is 4.10. The number of fused-ring (bicyclic) bond motifs is 1. The van der Waals surface area contributed by atoms with E-state index in [1.807, 2.05) is 51.1 Å². The highest BCUT2D eigenvalue weighted by Gasteiger charge is 2.21. The number of H-pyrrole nitrogens is 1. The van der Waals surface area contributed by atoms with Crippen LogP contribution in [0.25, 0.3) is 26.9 Å². The summed E-state index contributed by atoms with van der Waals surface area (Å²) in [5.74, 6) is 0.493. The molecule has 126 valence electrons. The minimum atomic E-state index is -0.134. The van der Waals surface area contributed by atoms with Crippen LogP contribution in [-0.2, 0) is 0 Å². The number of hydrogen-bond acceptors (Lipinski definition) is 5. The maximum atomic E-state index is 12.8. The SMILES string of the molecule is Cc1nc(-c2ccccc2)sc1-c1[nH]c2ncnn2c(=O)c1C(C)C. The average Bonchev–Trinajstić information content (AvgIpc) is 3.21. The lowest BCUT2D eigenvalue weighted by molar-refractivity contribution is 0.797. The van der Waals surface area contributed by atoms with Gasteiger partial charge in [-0.15, -0.1) is 11.3 Å². The minimum absolute atomic E-state index is 0.0500. The summed E-state index contributed by atoms with van der Waals surface area (Å²) in [5.41, 5.74) is 3.32. The van der Waals surface area contributed by atoms with Crippen molar-refractivity contribution in [2.24, 2.45) is 0 Å². The van der Waals surface area contributed by atoms with E-state index in [9.17, 15) is 4.79 Å². The van der Waals surface area contributed by atoms with Gasteiger partial charge in [0.25, 0.3) is 5.56 Å². The Morgan fingerprint density at radius 3 is 2.68 bits per heavy atom. The fraction of sp³-hybridized carbons (Fsp3) is 0.222. The molecule has 25 heavy (non-hydrogen) atoms. The Morgan fingerprint density at radius 2 is 1.96 bits per heavy atom. The van der Waals surface area contributed by atoms with Gasteiger partial charge >= 0.3 is 0 Å². The largest absolute Gasteiger partial charge is 0.322 e. The van der Waals surface area contributed by atoms with E-state index in [-0.39, 0.29) is 11.5 Å². The van der Waals surface area contributed by atoms with Crippen LogP contribution in [0.3, 0.4) is 0 Å². The summed E-state index contributed by atoms with van der Waals surface area (Å²) in [6.07, 6.45) is 1.38. The van der Waals surface area contributed by atoms with E-state index < -0.39 is 0 Å². The molecule has 0 radical (unpaired) electrons. The number of rotatable bonds is 3. The monoisotopic (exact) mass is 351 g/mol. The number of nitrogens with one attached hydrogen (secondary N) is 1. The van der Waals surface area contributed by atoms with Crippen LogP contribution in [0, 0.1) is 6.92 Å². The predicted octanol–water partition coefficient (Wildman–Crippen LogP) is 3.64. The maximum Gasteiger partial charge on any atom is 0.279 e. The Bertz CT molecular complexity index is 1110. The summed E-state index contributed by atoms with van der Waals surface area (Å²) in [4.78, 5) is 25.9. The molecule has 3 heterocycles. The number of benzene rings is 1. The van der Waals surface area contributed by atoms with Gasteiger partial charge in [0.15, 0.2) is 0 Å². The highest BCUT2D eigenvalue weighted by Crippen LogP contribution is 2.36. The third kappa shape index (κ3) is 2.56. The first-order valence-corrected chi connectivity index (χ1v) is 8.87. The predicted molar refractivity (Wildman–Crippen MR) is 99.0 cm³/mol. The summed E-state index contributed by atoms with van der Waals surface area (Å²) in [6, 6.07) is 10.1. The van der Waals surface area contributed by atoms with E-state index >= 15 is 0 Å². The van der Waals surface area contributed by atoms with Crippen LogP contribution < -0.4 is 5.56 Å². The van der Waals surface area contributed by atoms with Crippen LogP contribution in [-0.4, -0.2) is 24.6 Å². The normalized spacial score (nSPS) is 11.5. The molecular formula is C18H17N5OS. The zero-order chi connectivity index (χ0) is 17.6. The Labute approximate surface area is 148 Å². The fourth-order valence-corrected chi connectivity index (χ4v) is 4.01. The molecule has 1 N–H and O–H groups in total. The summed E-state index contributed by atoms with van der Waals surface area (Å²) >= 11 is 1.58. The molecule has 0 fully saturated rings. The lowest BCUT2D eigenvalue weighted by atomic mass is 10.0. The first-order valence-electron chi connectivity index (χ1n) is 8.05. The Balaban J connectivity index is 1.97. The molecule has 4 aromatic rings. The molecule has 0 aliphatic heterocycles. The van der Waals surface area contributed by atoms with Crippen LogP contribution in [0.2, 0.25) is 0 Å². The van der Waals surface area contributed by atoms with Crippen molar-refractivity contribution in [1.29, 1.82) is 0 Å². The molecule has 0 saturated carbocycles. The summed E-state index contributed by atoms with van der Waals surface area (Å²) < 4.78 is 1.31. The number of aryl methyl sites for hydroxylation is 1. The second kappa shape index (κ2) is 5.93. The molecule has 0 aliphatic carbocycles. The van der Waals surface area contributed by atoms with E-state index in [1.165, 1.54) is 10.8 Å². The van der Waals surface area contributed by atoms with Crippen LogP contribution >= 0.6 is 11.3 Å². The third-order valence-corrected chi connectivity index (χ3v) is 5.32. The van der Waals surface area contributed by atoms with Crippen LogP contribution in [0.15, 0.2) is 41.5 Å². The van der Waals surface area contributed by atoms with Gasteiger partial charge < -0.3 is 4.98 Å². The van der Waals surface area contributed by atoms with Crippen molar-refractivity contribution in [1.82, 2.24) is 24.6 Å². The molecule has 0 atom stereocenters. The van der Waals surface area contributed by atoms with Crippen molar-refractivity contribution in [2.75, 3.05) is 0 Å². The standard InChI is InChI=1S/C18H17N5OS/c1-10(2)13-14(22-18-19-9-20-23(18)17(13)24)15-11(3)21-16(25-15)12-7-5-4-6-8-12/h4-10H,1-3H3,(H,19,20,22). The van der Waals surface area contributed by atoms with E-state index in [0.29, 0.717) is 11.3 Å². The van der Waals surface area contributed by atoms with Crippen LogP contribution in [0.1, 0.15) is 31.0 Å².